The van der Waals surface area contributed by atoms with Crippen molar-refractivity contribution in [2.24, 2.45) is 0 Å². The highest BCUT2D eigenvalue weighted by Gasteiger charge is 2.16. The Kier molecular flexibility index (Phi) is 5.03. The first kappa shape index (κ1) is 16.9. The van der Waals surface area contributed by atoms with Crippen LogP contribution in [-0.4, -0.2) is 43.4 Å². The number of aromatic nitrogens is 4. The zero-order chi connectivity index (χ0) is 17.8. The summed E-state index contributed by atoms with van der Waals surface area (Å²) in [6, 6.07) is 3.82. The van der Waals surface area contributed by atoms with Crippen molar-refractivity contribution in [3.63, 3.8) is 0 Å². The SMILES string of the molecule is O=C(NCc1cccnc1-n1ccnc1)c1cnc(CN2CCCC2)s1. The zero-order valence-electron chi connectivity index (χ0n) is 14.3. The number of pyridine rings is 1. The monoisotopic (exact) mass is 368 g/mol. The van der Waals surface area contributed by atoms with Crippen LogP contribution in [0.3, 0.4) is 0 Å². The topological polar surface area (TPSA) is 75.9 Å². The van der Waals surface area contributed by atoms with Crippen LogP contribution in [-0.2, 0) is 13.1 Å². The normalized spacial score (nSPS) is 14.6. The van der Waals surface area contributed by atoms with E-state index in [0.29, 0.717) is 11.4 Å². The number of imidazole rings is 1. The molecule has 0 saturated carbocycles. The first-order valence-corrected chi connectivity index (χ1v) is 9.49. The third-order valence-corrected chi connectivity index (χ3v) is 5.37. The highest BCUT2D eigenvalue weighted by molar-refractivity contribution is 7.13. The van der Waals surface area contributed by atoms with Gasteiger partial charge in [0, 0.05) is 30.7 Å². The standard InChI is InChI=1S/C18H20N6OS/c25-18(15-11-21-16(26-15)12-23-7-1-2-8-23)22-10-14-4-3-5-20-17(14)24-9-6-19-13-24/h3-6,9,11,13H,1-2,7-8,10,12H2,(H,22,25). The van der Waals surface area contributed by atoms with Gasteiger partial charge in [-0.1, -0.05) is 6.07 Å². The van der Waals surface area contributed by atoms with Crippen molar-refractivity contribution >= 4 is 17.2 Å². The molecule has 0 spiro atoms. The van der Waals surface area contributed by atoms with Crippen LogP contribution in [0.25, 0.3) is 5.82 Å². The minimum Gasteiger partial charge on any atom is -0.347 e. The summed E-state index contributed by atoms with van der Waals surface area (Å²) in [6.07, 6.45) is 11.1. The smallest absolute Gasteiger partial charge is 0.263 e. The Morgan fingerprint density at radius 3 is 2.92 bits per heavy atom. The Morgan fingerprint density at radius 2 is 2.12 bits per heavy atom. The first-order chi connectivity index (χ1) is 12.8. The van der Waals surface area contributed by atoms with E-state index in [1.165, 1.54) is 24.2 Å². The van der Waals surface area contributed by atoms with Gasteiger partial charge in [-0.2, -0.15) is 0 Å². The molecule has 0 unspecified atom stereocenters. The van der Waals surface area contributed by atoms with Crippen LogP contribution < -0.4 is 5.32 Å². The lowest BCUT2D eigenvalue weighted by molar-refractivity contribution is 0.0954. The number of carbonyl (C=O) groups is 1. The molecule has 1 saturated heterocycles. The summed E-state index contributed by atoms with van der Waals surface area (Å²) in [4.78, 5) is 28.3. The molecular weight excluding hydrogens is 348 g/mol. The van der Waals surface area contributed by atoms with Crippen molar-refractivity contribution in [1.29, 1.82) is 0 Å². The first-order valence-electron chi connectivity index (χ1n) is 8.67. The summed E-state index contributed by atoms with van der Waals surface area (Å²) in [7, 11) is 0. The van der Waals surface area contributed by atoms with Crippen LogP contribution in [0.15, 0.2) is 43.2 Å². The van der Waals surface area contributed by atoms with Gasteiger partial charge in [-0.05, 0) is 32.0 Å². The van der Waals surface area contributed by atoms with Crippen molar-refractivity contribution < 1.29 is 4.79 Å². The summed E-state index contributed by atoms with van der Waals surface area (Å²) >= 11 is 1.47. The molecule has 3 aromatic heterocycles. The predicted molar refractivity (Wildman–Crippen MR) is 99.2 cm³/mol. The van der Waals surface area contributed by atoms with Gasteiger partial charge in [0.15, 0.2) is 0 Å². The molecule has 8 heteroatoms. The summed E-state index contributed by atoms with van der Waals surface area (Å²) in [5, 5.41) is 3.97. The second-order valence-electron chi connectivity index (χ2n) is 6.24. The van der Waals surface area contributed by atoms with Crippen molar-refractivity contribution in [2.45, 2.75) is 25.9 Å². The van der Waals surface area contributed by atoms with E-state index >= 15 is 0 Å². The van der Waals surface area contributed by atoms with Crippen molar-refractivity contribution in [3.05, 3.63) is 58.7 Å². The second-order valence-corrected chi connectivity index (χ2v) is 7.36. The minimum atomic E-state index is -0.101. The average Bonchev–Trinajstić information content (AvgIpc) is 3.42. The van der Waals surface area contributed by atoms with Gasteiger partial charge >= 0.3 is 0 Å². The molecule has 134 valence electrons. The molecule has 4 rings (SSSR count). The van der Waals surface area contributed by atoms with Gasteiger partial charge < -0.3 is 5.32 Å². The number of amides is 1. The fourth-order valence-corrected chi connectivity index (χ4v) is 3.94. The maximum Gasteiger partial charge on any atom is 0.263 e. The summed E-state index contributed by atoms with van der Waals surface area (Å²) in [5.41, 5.74) is 0.931. The fourth-order valence-electron chi connectivity index (χ4n) is 3.07. The van der Waals surface area contributed by atoms with E-state index in [-0.39, 0.29) is 5.91 Å². The van der Waals surface area contributed by atoms with Crippen LogP contribution in [0.1, 0.15) is 33.1 Å². The van der Waals surface area contributed by atoms with Crippen molar-refractivity contribution in [2.75, 3.05) is 13.1 Å². The van der Waals surface area contributed by atoms with E-state index in [2.05, 4.69) is 25.2 Å². The molecular formula is C18H20N6OS. The molecule has 0 bridgehead atoms. The molecule has 0 aromatic carbocycles. The van der Waals surface area contributed by atoms with Gasteiger partial charge in [0.2, 0.25) is 0 Å². The fraction of sp³-hybridized carbons (Fsp3) is 0.333. The summed E-state index contributed by atoms with van der Waals surface area (Å²) in [5.74, 6) is 0.667. The number of thiazole rings is 1. The molecule has 26 heavy (non-hydrogen) atoms. The lowest BCUT2D eigenvalue weighted by Crippen LogP contribution is -2.22. The molecule has 0 aliphatic carbocycles. The van der Waals surface area contributed by atoms with E-state index in [1.807, 2.05) is 22.9 Å². The number of carbonyl (C=O) groups excluding carboxylic acids is 1. The summed E-state index contributed by atoms with van der Waals surface area (Å²) < 4.78 is 1.84. The number of rotatable bonds is 6. The number of likely N-dealkylation sites (tertiary alicyclic amines) is 1. The van der Waals surface area contributed by atoms with E-state index < -0.39 is 0 Å². The Labute approximate surface area is 155 Å². The zero-order valence-corrected chi connectivity index (χ0v) is 15.2. The molecule has 4 heterocycles. The van der Waals surface area contributed by atoms with E-state index in [1.54, 1.807) is 24.9 Å². The van der Waals surface area contributed by atoms with Crippen LogP contribution in [0, 0.1) is 0 Å². The van der Waals surface area contributed by atoms with Gasteiger partial charge in [-0.25, -0.2) is 15.0 Å². The van der Waals surface area contributed by atoms with Crippen LogP contribution in [0.2, 0.25) is 0 Å². The third-order valence-electron chi connectivity index (χ3n) is 4.39. The molecule has 1 aliphatic heterocycles. The average molecular weight is 368 g/mol. The van der Waals surface area contributed by atoms with Crippen LogP contribution in [0.4, 0.5) is 0 Å². The van der Waals surface area contributed by atoms with Crippen LogP contribution >= 0.6 is 11.3 Å². The number of hydrogen-bond acceptors (Lipinski definition) is 6. The minimum absolute atomic E-state index is 0.101. The third kappa shape index (κ3) is 3.81. The van der Waals surface area contributed by atoms with E-state index in [0.717, 1.165) is 36.0 Å². The Balaban J connectivity index is 1.39. The molecule has 1 N–H and O–H groups in total. The van der Waals surface area contributed by atoms with Gasteiger partial charge in [-0.3, -0.25) is 14.3 Å². The Bertz CT molecular complexity index is 869. The number of nitrogens with zero attached hydrogens (tertiary/aromatic N) is 5. The second kappa shape index (κ2) is 7.76. The quantitative estimate of drug-likeness (QED) is 0.722. The summed E-state index contributed by atoms with van der Waals surface area (Å²) in [6.45, 7) is 3.49. The molecule has 1 amide bonds. The maximum atomic E-state index is 12.5. The molecule has 0 atom stereocenters. The van der Waals surface area contributed by atoms with Gasteiger partial charge in [0.1, 0.15) is 22.0 Å². The molecule has 1 aliphatic rings. The molecule has 1 fully saturated rings. The lowest BCUT2D eigenvalue weighted by Gasteiger charge is -2.11. The van der Waals surface area contributed by atoms with Crippen molar-refractivity contribution in [3.8, 4) is 5.82 Å². The number of hydrogen-bond donors (Lipinski definition) is 1. The maximum absolute atomic E-state index is 12.5. The number of nitrogens with one attached hydrogen (secondary N) is 1. The van der Waals surface area contributed by atoms with Crippen molar-refractivity contribution in [1.82, 2.24) is 29.7 Å². The van der Waals surface area contributed by atoms with Gasteiger partial charge in [0.25, 0.3) is 5.91 Å². The van der Waals surface area contributed by atoms with Gasteiger partial charge in [-0.15, -0.1) is 11.3 Å². The molecule has 3 aromatic rings. The molecule has 0 radical (unpaired) electrons. The van der Waals surface area contributed by atoms with E-state index in [9.17, 15) is 4.79 Å². The van der Waals surface area contributed by atoms with Crippen LogP contribution in [0.5, 0.6) is 0 Å². The molecule has 7 nitrogen and oxygen atoms in total. The van der Waals surface area contributed by atoms with E-state index in [4.69, 9.17) is 0 Å². The Morgan fingerprint density at radius 1 is 1.23 bits per heavy atom. The highest BCUT2D eigenvalue weighted by Crippen LogP contribution is 2.18. The lowest BCUT2D eigenvalue weighted by atomic mass is 10.2. The Hall–Kier alpha value is -2.58. The van der Waals surface area contributed by atoms with Gasteiger partial charge in [0.05, 0.1) is 12.7 Å². The predicted octanol–water partition coefficient (Wildman–Crippen LogP) is 2.25. The largest absolute Gasteiger partial charge is 0.347 e. The highest BCUT2D eigenvalue weighted by atomic mass is 32.1.